The first-order valence-corrected chi connectivity index (χ1v) is 9.17. The van der Waals surface area contributed by atoms with Crippen LogP contribution >= 0.6 is 28.3 Å². The molecule has 0 aromatic heterocycles. The standard InChI is InChI=1S/C18H22BrN3O2.ClH/c19-15-5-3-14(4-6-15)18(24)22-11-1-2-16(22)17(23)21-12-13-7-9-20-10-8-13;/h3-7,16,20H,1-2,8-12H2,(H,21,23);1H. The van der Waals surface area contributed by atoms with Crippen LogP contribution in [0.15, 0.2) is 40.4 Å². The number of halogens is 2. The Morgan fingerprint density at radius 2 is 2.04 bits per heavy atom. The Balaban J connectivity index is 0.00000225. The van der Waals surface area contributed by atoms with Crippen molar-refractivity contribution >= 4 is 40.2 Å². The molecule has 1 unspecified atom stereocenters. The molecule has 1 aromatic rings. The van der Waals surface area contributed by atoms with Gasteiger partial charge in [0.15, 0.2) is 0 Å². The van der Waals surface area contributed by atoms with Crippen molar-refractivity contribution in [3.63, 3.8) is 0 Å². The van der Waals surface area contributed by atoms with Crippen LogP contribution in [-0.2, 0) is 4.79 Å². The Labute approximate surface area is 162 Å². The first kappa shape index (κ1) is 19.9. The summed E-state index contributed by atoms with van der Waals surface area (Å²) in [5.41, 5.74) is 1.88. The molecule has 0 bridgehead atoms. The Kier molecular flexibility index (Phi) is 7.47. The van der Waals surface area contributed by atoms with Gasteiger partial charge in [0.25, 0.3) is 5.91 Å². The van der Waals surface area contributed by atoms with E-state index in [-0.39, 0.29) is 30.3 Å². The second-order valence-electron chi connectivity index (χ2n) is 6.20. The fourth-order valence-electron chi connectivity index (χ4n) is 3.19. The Hall–Kier alpha value is -1.37. The van der Waals surface area contributed by atoms with E-state index in [1.54, 1.807) is 17.0 Å². The van der Waals surface area contributed by atoms with Crippen LogP contribution in [0.1, 0.15) is 29.6 Å². The van der Waals surface area contributed by atoms with Crippen molar-refractivity contribution in [3.8, 4) is 0 Å². The average Bonchev–Trinajstić information content (AvgIpc) is 3.10. The molecule has 1 fully saturated rings. The van der Waals surface area contributed by atoms with Crippen molar-refractivity contribution in [2.75, 3.05) is 26.2 Å². The number of carbonyl (C=O) groups is 2. The van der Waals surface area contributed by atoms with E-state index in [1.165, 1.54) is 5.57 Å². The van der Waals surface area contributed by atoms with Gasteiger partial charge in [0, 0.05) is 29.7 Å². The van der Waals surface area contributed by atoms with Gasteiger partial charge in [0.2, 0.25) is 5.91 Å². The molecule has 1 atom stereocenters. The zero-order valence-corrected chi connectivity index (χ0v) is 16.4. The molecule has 1 aromatic carbocycles. The molecule has 5 nitrogen and oxygen atoms in total. The van der Waals surface area contributed by atoms with Gasteiger partial charge in [0.05, 0.1) is 0 Å². The molecule has 25 heavy (non-hydrogen) atoms. The third-order valence-electron chi connectivity index (χ3n) is 4.56. The molecule has 0 radical (unpaired) electrons. The van der Waals surface area contributed by atoms with Gasteiger partial charge < -0.3 is 15.5 Å². The van der Waals surface area contributed by atoms with Crippen LogP contribution in [0.4, 0.5) is 0 Å². The monoisotopic (exact) mass is 427 g/mol. The van der Waals surface area contributed by atoms with E-state index < -0.39 is 0 Å². The zero-order valence-electron chi connectivity index (χ0n) is 14.0. The number of rotatable bonds is 4. The molecule has 0 spiro atoms. The van der Waals surface area contributed by atoms with Crippen LogP contribution in [-0.4, -0.2) is 48.9 Å². The lowest BCUT2D eigenvalue weighted by atomic mass is 10.1. The molecule has 0 aliphatic carbocycles. The fraction of sp³-hybridized carbons (Fsp3) is 0.444. The number of benzene rings is 1. The smallest absolute Gasteiger partial charge is 0.254 e. The van der Waals surface area contributed by atoms with Gasteiger partial charge in [-0.05, 0) is 50.1 Å². The third-order valence-corrected chi connectivity index (χ3v) is 5.08. The SMILES string of the molecule is Cl.O=C(NCC1=CCNCC1)C1CCCN1C(=O)c1ccc(Br)cc1. The summed E-state index contributed by atoms with van der Waals surface area (Å²) in [5.74, 6) is -0.112. The highest BCUT2D eigenvalue weighted by molar-refractivity contribution is 9.10. The van der Waals surface area contributed by atoms with Gasteiger partial charge >= 0.3 is 0 Å². The van der Waals surface area contributed by atoms with Crippen LogP contribution < -0.4 is 10.6 Å². The molecule has 2 amide bonds. The summed E-state index contributed by atoms with van der Waals surface area (Å²) in [5, 5.41) is 6.26. The Morgan fingerprint density at radius 3 is 2.72 bits per heavy atom. The van der Waals surface area contributed by atoms with Crippen molar-refractivity contribution < 1.29 is 9.59 Å². The summed E-state index contributed by atoms with van der Waals surface area (Å²) in [6.07, 6.45) is 4.69. The fourth-order valence-corrected chi connectivity index (χ4v) is 3.45. The number of nitrogens with zero attached hydrogens (tertiary/aromatic N) is 1. The van der Waals surface area contributed by atoms with Crippen molar-refractivity contribution in [1.29, 1.82) is 0 Å². The minimum Gasteiger partial charge on any atom is -0.351 e. The average molecular weight is 429 g/mol. The summed E-state index contributed by atoms with van der Waals surface area (Å²) in [7, 11) is 0. The maximum absolute atomic E-state index is 12.7. The van der Waals surface area contributed by atoms with Crippen molar-refractivity contribution in [2.45, 2.75) is 25.3 Å². The first-order valence-electron chi connectivity index (χ1n) is 8.38. The van der Waals surface area contributed by atoms with Crippen molar-refractivity contribution in [3.05, 3.63) is 46.0 Å². The molecule has 136 valence electrons. The normalized spacial score (nSPS) is 19.8. The number of carbonyl (C=O) groups excluding carboxylic acids is 2. The predicted octanol–water partition coefficient (Wildman–Crippen LogP) is 2.51. The van der Waals surface area contributed by atoms with E-state index in [0.29, 0.717) is 18.7 Å². The van der Waals surface area contributed by atoms with Gasteiger partial charge in [-0.25, -0.2) is 0 Å². The number of hydrogen-bond acceptors (Lipinski definition) is 3. The number of amides is 2. The Morgan fingerprint density at radius 1 is 1.28 bits per heavy atom. The maximum atomic E-state index is 12.7. The molecular weight excluding hydrogens is 406 g/mol. The third kappa shape index (κ3) is 5.06. The van der Waals surface area contributed by atoms with E-state index in [0.717, 1.165) is 36.8 Å². The minimum absolute atomic E-state index is 0. The van der Waals surface area contributed by atoms with E-state index in [2.05, 4.69) is 32.6 Å². The minimum atomic E-state index is -0.358. The zero-order chi connectivity index (χ0) is 16.9. The lowest BCUT2D eigenvalue weighted by Crippen LogP contribution is -2.46. The molecule has 0 saturated carbocycles. The second kappa shape index (κ2) is 9.36. The highest BCUT2D eigenvalue weighted by Crippen LogP contribution is 2.21. The summed E-state index contributed by atoms with van der Waals surface area (Å²) in [6, 6.07) is 6.92. The van der Waals surface area contributed by atoms with E-state index in [1.807, 2.05) is 12.1 Å². The molecule has 2 N–H and O–H groups in total. The summed E-state index contributed by atoms with van der Waals surface area (Å²) >= 11 is 3.37. The van der Waals surface area contributed by atoms with Gasteiger partial charge in [0.1, 0.15) is 6.04 Å². The molecule has 3 rings (SSSR count). The number of nitrogens with one attached hydrogen (secondary N) is 2. The van der Waals surface area contributed by atoms with E-state index >= 15 is 0 Å². The molecule has 2 heterocycles. The topological polar surface area (TPSA) is 61.4 Å². The van der Waals surface area contributed by atoms with Gasteiger partial charge in [-0.15, -0.1) is 12.4 Å². The quantitative estimate of drug-likeness (QED) is 0.725. The van der Waals surface area contributed by atoms with Crippen molar-refractivity contribution in [1.82, 2.24) is 15.5 Å². The van der Waals surface area contributed by atoms with Crippen LogP contribution in [0.5, 0.6) is 0 Å². The number of hydrogen-bond donors (Lipinski definition) is 2. The van der Waals surface area contributed by atoms with Crippen LogP contribution in [0, 0.1) is 0 Å². The first-order chi connectivity index (χ1) is 11.6. The maximum Gasteiger partial charge on any atom is 0.254 e. The number of likely N-dealkylation sites (tertiary alicyclic amines) is 1. The van der Waals surface area contributed by atoms with Crippen LogP contribution in [0.3, 0.4) is 0 Å². The lowest BCUT2D eigenvalue weighted by Gasteiger charge is -2.24. The van der Waals surface area contributed by atoms with Crippen LogP contribution in [0.2, 0.25) is 0 Å². The highest BCUT2D eigenvalue weighted by atomic mass is 79.9. The summed E-state index contributed by atoms with van der Waals surface area (Å²) < 4.78 is 0.935. The Bertz CT molecular complexity index is 648. The largest absolute Gasteiger partial charge is 0.351 e. The molecule has 2 aliphatic heterocycles. The van der Waals surface area contributed by atoms with Gasteiger partial charge in [-0.3, -0.25) is 9.59 Å². The molecule has 7 heteroatoms. The van der Waals surface area contributed by atoms with Gasteiger partial charge in [-0.1, -0.05) is 27.6 Å². The summed E-state index contributed by atoms with van der Waals surface area (Å²) in [4.78, 5) is 26.9. The molecule has 2 aliphatic rings. The second-order valence-corrected chi connectivity index (χ2v) is 7.11. The van der Waals surface area contributed by atoms with Crippen LogP contribution in [0.25, 0.3) is 0 Å². The predicted molar refractivity (Wildman–Crippen MR) is 104 cm³/mol. The van der Waals surface area contributed by atoms with E-state index in [9.17, 15) is 9.59 Å². The molecule has 1 saturated heterocycles. The van der Waals surface area contributed by atoms with Crippen molar-refractivity contribution in [2.24, 2.45) is 0 Å². The lowest BCUT2D eigenvalue weighted by molar-refractivity contribution is -0.124. The summed E-state index contributed by atoms with van der Waals surface area (Å²) in [6.45, 7) is 3.04. The molecular formula is C18H23BrClN3O2. The van der Waals surface area contributed by atoms with E-state index in [4.69, 9.17) is 0 Å². The highest BCUT2D eigenvalue weighted by Gasteiger charge is 2.34. The van der Waals surface area contributed by atoms with Gasteiger partial charge in [-0.2, -0.15) is 0 Å².